The maximum absolute atomic E-state index is 12.3. The second-order valence-electron chi connectivity index (χ2n) is 6.09. The summed E-state index contributed by atoms with van der Waals surface area (Å²) in [5.74, 6) is -0.212. The molecule has 0 radical (unpaired) electrons. The average molecular weight is 331 g/mol. The number of hydrogen-bond donors (Lipinski definition) is 2. The number of amides is 1. The van der Waals surface area contributed by atoms with Gasteiger partial charge in [0.25, 0.3) is 5.91 Å². The molecule has 0 bridgehead atoms. The van der Waals surface area contributed by atoms with Gasteiger partial charge in [0, 0.05) is 12.2 Å². The Balaban J connectivity index is 1.59. The van der Waals surface area contributed by atoms with Crippen LogP contribution in [0.2, 0.25) is 0 Å². The van der Waals surface area contributed by atoms with Crippen molar-refractivity contribution in [1.29, 1.82) is 0 Å². The van der Waals surface area contributed by atoms with Crippen molar-refractivity contribution < 1.29 is 4.79 Å². The van der Waals surface area contributed by atoms with E-state index in [-0.39, 0.29) is 5.91 Å². The summed E-state index contributed by atoms with van der Waals surface area (Å²) in [6.07, 6.45) is 1.68. The fourth-order valence-electron chi connectivity index (χ4n) is 2.46. The molecule has 0 saturated carbocycles. The van der Waals surface area contributed by atoms with E-state index in [1.54, 1.807) is 12.3 Å². The predicted molar refractivity (Wildman–Crippen MR) is 102 cm³/mol. The summed E-state index contributed by atoms with van der Waals surface area (Å²) in [6, 6.07) is 19.7. The minimum atomic E-state index is -0.212. The monoisotopic (exact) mass is 331 g/mol. The molecule has 0 fully saturated rings. The van der Waals surface area contributed by atoms with Gasteiger partial charge in [-0.1, -0.05) is 42.0 Å². The summed E-state index contributed by atoms with van der Waals surface area (Å²) in [5.41, 5.74) is 5.59. The molecule has 0 atom stereocenters. The summed E-state index contributed by atoms with van der Waals surface area (Å²) in [5, 5.41) is 6.17. The van der Waals surface area contributed by atoms with Gasteiger partial charge < -0.3 is 10.6 Å². The number of rotatable bonds is 5. The van der Waals surface area contributed by atoms with E-state index < -0.39 is 0 Å². The van der Waals surface area contributed by atoms with Crippen LogP contribution in [0.15, 0.2) is 66.9 Å². The van der Waals surface area contributed by atoms with Gasteiger partial charge in [0.1, 0.15) is 5.69 Å². The number of carbonyl (C=O) groups is 1. The van der Waals surface area contributed by atoms with Gasteiger partial charge in [0.2, 0.25) is 0 Å². The maximum atomic E-state index is 12.3. The number of aryl methyl sites for hydroxylation is 2. The van der Waals surface area contributed by atoms with Crippen molar-refractivity contribution in [2.24, 2.45) is 0 Å². The van der Waals surface area contributed by atoms with Crippen LogP contribution in [0.25, 0.3) is 0 Å². The number of nitrogens with zero attached hydrogens (tertiary/aromatic N) is 1. The largest absolute Gasteiger partial charge is 0.380 e. The molecule has 1 aromatic heterocycles. The summed E-state index contributed by atoms with van der Waals surface area (Å²) < 4.78 is 0. The van der Waals surface area contributed by atoms with Gasteiger partial charge in [-0.15, -0.1) is 0 Å². The van der Waals surface area contributed by atoms with Crippen LogP contribution in [-0.2, 0) is 6.54 Å². The zero-order valence-corrected chi connectivity index (χ0v) is 14.4. The highest BCUT2D eigenvalue weighted by molar-refractivity contribution is 6.02. The summed E-state index contributed by atoms with van der Waals surface area (Å²) >= 11 is 0. The molecule has 0 spiro atoms. The van der Waals surface area contributed by atoms with E-state index in [1.165, 1.54) is 11.1 Å². The van der Waals surface area contributed by atoms with Gasteiger partial charge >= 0.3 is 0 Å². The number of nitrogens with one attached hydrogen (secondary N) is 2. The number of pyridine rings is 1. The number of anilines is 2. The first kappa shape index (κ1) is 16.7. The van der Waals surface area contributed by atoms with Crippen LogP contribution in [0.3, 0.4) is 0 Å². The molecular weight excluding hydrogens is 310 g/mol. The molecule has 0 saturated heterocycles. The molecule has 3 aromatic rings. The molecule has 4 nitrogen and oxygen atoms in total. The Kier molecular flexibility index (Phi) is 5.09. The first-order valence-corrected chi connectivity index (χ1v) is 8.24. The Morgan fingerprint density at radius 3 is 2.40 bits per heavy atom. The number of aromatic nitrogens is 1. The van der Waals surface area contributed by atoms with Crippen LogP contribution in [0.4, 0.5) is 11.4 Å². The third-order valence-electron chi connectivity index (χ3n) is 3.89. The fourth-order valence-corrected chi connectivity index (χ4v) is 2.46. The molecule has 3 rings (SSSR count). The van der Waals surface area contributed by atoms with Crippen LogP contribution in [0.1, 0.15) is 27.2 Å². The highest BCUT2D eigenvalue weighted by Gasteiger charge is 2.07. The molecule has 0 unspecified atom stereocenters. The van der Waals surface area contributed by atoms with E-state index in [4.69, 9.17) is 0 Å². The molecule has 2 aromatic carbocycles. The van der Waals surface area contributed by atoms with Crippen LogP contribution in [0, 0.1) is 13.8 Å². The van der Waals surface area contributed by atoms with Crippen molar-refractivity contribution in [3.8, 4) is 0 Å². The molecule has 1 heterocycles. The zero-order valence-electron chi connectivity index (χ0n) is 14.4. The van der Waals surface area contributed by atoms with Crippen molar-refractivity contribution in [2.45, 2.75) is 20.4 Å². The van der Waals surface area contributed by atoms with E-state index in [0.29, 0.717) is 5.69 Å². The van der Waals surface area contributed by atoms with E-state index in [1.807, 2.05) is 37.3 Å². The summed E-state index contributed by atoms with van der Waals surface area (Å²) in [4.78, 5) is 16.5. The third-order valence-corrected chi connectivity index (χ3v) is 3.89. The van der Waals surface area contributed by atoms with Crippen LogP contribution < -0.4 is 10.6 Å². The molecule has 0 aliphatic rings. The molecule has 25 heavy (non-hydrogen) atoms. The molecular formula is C21H21N3O. The molecule has 2 N–H and O–H groups in total. The Morgan fingerprint density at radius 2 is 1.72 bits per heavy atom. The van der Waals surface area contributed by atoms with E-state index in [9.17, 15) is 4.79 Å². The van der Waals surface area contributed by atoms with Gasteiger partial charge in [0.05, 0.1) is 11.9 Å². The second kappa shape index (κ2) is 7.62. The average Bonchev–Trinajstić information content (AvgIpc) is 2.62. The van der Waals surface area contributed by atoms with Crippen LogP contribution in [-0.4, -0.2) is 10.9 Å². The van der Waals surface area contributed by atoms with Crippen molar-refractivity contribution in [1.82, 2.24) is 4.98 Å². The highest BCUT2D eigenvalue weighted by Crippen LogP contribution is 2.13. The molecule has 1 amide bonds. The maximum Gasteiger partial charge on any atom is 0.274 e. The van der Waals surface area contributed by atoms with Crippen molar-refractivity contribution in [2.75, 3.05) is 10.6 Å². The highest BCUT2D eigenvalue weighted by atomic mass is 16.1. The lowest BCUT2D eigenvalue weighted by Crippen LogP contribution is -2.13. The van der Waals surface area contributed by atoms with Gasteiger partial charge in [-0.05, 0) is 49.2 Å². The number of hydrogen-bond acceptors (Lipinski definition) is 3. The molecule has 126 valence electrons. The zero-order chi connectivity index (χ0) is 17.6. The normalized spacial score (nSPS) is 10.3. The molecule has 0 aliphatic carbocycles. The predicted octanol–water partition coefficient (Wildman–Crippen LogP) is 4.56. The van der Waals surface area contributed by atoms with E-state index in [0.717, 1.165) is 23.5 Å². The lowest BCUT2D eigenvalue weighted by atomic mass is 10.1. The van der Waals surface area contributed by atoms with Crippen LogP contribution >= 0.6 is 0 Å². The topological polar surface area (TPSA) is 54.0 Å². The lowest BCUT2D eigenvalue weighted by Gasteiger charge is -2.08. The van der Waals surface area contributed by atoms with Gasteiger partial charge in [0.15, 0.2) is 0 Å². The Hall–Kier alpha value is -3.14. The van der Waals surface area contributed by atoms with Crippen molar-refractivity contribution in [3.05, 3.63) is 89.2 Å². The number of benzene rings is 2. The van der Waals surface area contributed by atoms with Crippen molar-refractivity contribution in [3.63, 3.8) is 0 Å². The quantitative estimate of drug-likeness (QED) is 0.720. The SMILES string of the molecule is Cc1ccc(CNc2ccc(C(=O)Nc3cccc(C)c3)nc2)cc1. The van der Waals surface area contributed by atoms with Crippen LogP contribution in [0.5, 0.6) is 0 Å². The summed E-state index contributed by atoms with van der Waals surface area (Å²) in [6.45, 7) is 4.78. The van der Waals surface area contributed by atoms with E-state index >= 15 is 0 Å². The van der Waals surface area contributed by atoms with E-state index in [2.05, 4.69) is 46.8 Å². The first-order chi connectivity index (χ1) is 12.1. The van der Waals surface area contributed by atoms with Crippen molar-refractivity contribution >= 4 is 17.3 Å². The molecule has 4 heteroatoms. The molecule has 0 aliphatic heterocycles. The third kappa shape index (κ3) is 4.67. The summed E-state index contributed by atoms with van der Waals surface area (Å²) in [7, 11) is 0. The minimum absolute atomic E-state index is 0.212. The Bertz CT molecular complexity index is 855. The number of carbonyl (C=O) groups excluding carboxylic acids is 1. The van der Waals surface area contributed by atoms with Gasteiger partial charge in [-0.3, -0.25) is 4.79 Å². The Morgan fingerprint density at radius 1 is 0.920 bits per heavy atom. The fraction of sp³-hybridized carbons (Fsp3) is 0.143. The lowest BCUT2D eigenvalue weighted by molar-refractivity contribution is 0.102. The smallest absolute Gasteiger partial charge is 0.274 e. The van der Waals surface area contributed by atoms with Gasteiger partial charge in [-0.2, -0.15) is 0 Å². The second-order valence-corrected chi connectivity index (χ2v) is 6.09. The Labute approximate surface area is 147 Å². The van der Waals surface area contributed by atoms with Gasteiger partial charge in [-0.25, -0.2) is 4.98 Å². The standard InChI is InChI=1S/C21H21N3O/c1-15-6-8-17(9-7-15)13-22-19-10-11-20(23-14-19)21(25)24-18-5-3-4-16(2)12-18/h3-12,14,22H,13H2,1-2H3,(H,24,25). The minimum Gasteiger partial charge on any atom is -0.380 e. The first-order valence-electron chi connectivity index (χ1n) is 8.24.